The van der Waals surface area contributed by atoms with Gasteiger partial charge in [0.15, 0.2) is 0 Å². The summed E-state index contributed by atoms with van der Waals surface area (Å²) in [7, 11) is 3.28. The van der Waals surface area contributed by atoms with Crippen LogP contribution in [0.1, 0.15) is 32.5 Å². The summed E-state index contributed by atoms with van der Waals surface area (Å²) in [6, 6.07) is 7.21. The molecule has 0 spiro atoms. The van der Waals surface area contributed by atoms with Gasteiger partial charge in [0.25, 0.3) is 5.91 Å². The molecule has 0 saturated carbocycles. The molecule has 0 radical (unpaired) electrons. The first-order chi connectivity index (χ1) is 15.7. The number of nitrogens with zero attached hydrogens (tertiary/aromatic N) is 3. The smallest absolute Gasteiger partial charge is 0.341 e. The highest BCUT2D eigenvalue weighted by Crippen LogP contribution is 2.34. The number of nitrogens with one attached hydrogen (secondary N) is 1. The predicted octanol–water partition coefficient (Wildman–Crippen LogP) is 2.40. The van der Waals surface area contributed by atoms with Crippen LogP contribution < -0.4 is 10.2 Å². The number of ether oxygens (including phenoxy) is 1. The van der Waals surface area contributed by atoms with Gasteiger partial charge in [-0.1, -0.05) is 12.1 Å². The fraction of sp³-hybridized carbons (Fsp3) is 0.435. The number of piperazine rings is 1. The number of aromatic hydroxyl groups is 1. The van der Waals surface area contributed by atoms with Crippen LogP contribution in [0.2, 0.25) is 0 Å². The van der Waals surface area contributed by atoms with E-state index in [2.05, 4.69) is 10.2 Å². The first-order valence-electron chi connectivity index (χ1n) is 10.8. The Labute approximate surface area is 197 Å². The SMILES string of the molecule is CCOC(=O)c1c(NC(=O)CN2CCN(c3ccccc3O)CC2)sc(C(=O)N(C)C)c1C. The monoisotopic (exact) mass is 474 g/mol. The molecule has 1 saturated heterocycles. The molecular weight excluding hydrogens is 444 g/mol. The van der Waals surface area contributed by atoms with E-state index in [4.69, 9.17) is 4.74 Å². The lowest BCUT2D eigenvalue weighted by Crippen LogP contribution is -2.48. The van der Waals surface area contributed by atoms with Crippen LogP contribution in [0.15, 0.2) is 24.3 Å². The molecule has 1 fully saturated rings. The first kappa shape index (κ1) is 24.5. The van der Waals surface area contributed by atoms with E-state index in [1.807, 2.05) is 17.0 Å². The van der Waals surface area contributed by atoms with Gasteiger partial charge in [-0.05, 0) is 31.5 Å². The maximum atomic E-state index is 12.8. The Morgan fingerprint density at radius 1 is 1.15 bits per heavy atom. The number of esters is 1. The van der Waals surface area contributed by atoms with E-state index in [1.165, 1.54) is 4.90 Å². The van der Waals surface area contributed by atoms with Crippen LogP contribution in [0.25, 0.3) is 0 Å². The third-order valence-corrected chi connectivity index (χ3v) is 6.64. The van der Waals surface area contributed by atoms with Crippen molar-refractivity contribution in [2.24, 2.45) is 0 Å². The molecule has 2 N–H and O–H groups in total. The molecule has 0 atom stereocenters. The number of hydrogen-bond acceptors (Lipinski definition) is 8. The zero-order valence-corrected chi connectivity index (χ0v) is 20.2. The molecule has 178 valence electrons. The number of hydrogen-bond donors (Lipinski definition) is 2. The summed E-state index contributed by atoms with van der Waals surface area (Å²) in [6.07, 6.45) is 0. The largest absolute Gasteiger partial charge is 0.506 e. The fourth-order valence-corrected chi connectivity index (χ4v) is 4.94. The van der Waals surface area contributed by atoms with Crippen LogP contribution in [0.3, 0.4) is 0 Å². The number of phenolic OH excluding ortho intramolecular Hbond substituents is 1. The topological polar surface area (TPSA) is 102 Å². The third-order valence-electron chi connectivity index (χ3n) is 5.44. The van der Waals surface area contributed by atoms with Gasteiger partial charge in [-0.25, -0.2) is 4.79 Å². The Morgan fingerprint density at radius 2 is 1.82 bits per heavy atom. The molecule has 2 amide bonds. The van der Waals surface area contributed by atoms with Crippen molar-refractivity contribution < 1.29 is 24.2 Å². The van der Waals surface area contributed by atoms with Crippen LogP contribution in [-0.2, 0) is 9.53 Å². The summed E-state index contributed by atoms with van der Waals surface area (Å²) in [5.74, 6) is -0.813. The van der Waals surface area contributed by atoms with Crippen LogP contribution in [0, 0.1) is 6.92 Å². The second kappa shape index (κ2) is 10.7. The first-order valence-corrected chi connectivity index (χ1v) is 11.6. The minimum Gasteiger partial charge on any atom is -0.506 e. The zero-order chi connectivity index (χ0) is 24.1. The number of anilines is 2. The van der Waals surface area contributed by atoms with E-state index in [0.717, 1.165) is 17.0 Å². The number of carbonyl (C=O) groups excluding carboxylic acids is 3. The Bertz CT molecular complexity index is 1030. The van der Waals surface area contributed by atoms with Crippen molar-refractivity contribution >= 4 is 39.8 Å². The van der Waals surface area contributed by atoms with Crippen LogP contribution in [0.5, 0.6) is 5.75 Å². The van der Waals surface area contributed by atoms with E-state index in [0.29, 0.717) is 41.6 Å². The van der Waals surface area contributed by atoms with E-state index >= 15 is 0 Å². The lowest BCUT2D eigenvalue weighted by Gasteiger charge is -2.35. The lowest BCUT2D eigenvalue weighted by atomic mass is 10.1. The zero-order valence-electron chi connectivity index (χ0n) is 19.4. The van der Waals surface area contributed by atoms with Gasteiger partial charge in [-0.2, -0.15) is 0 Å². The Hall–Kier alpha value is -3.11. The number of thiophene rings is 1. The fourth-order valence-electron chi connectivity index (χ4n) is 3.71. The number of rotatable bonds is 7. The van der Waals surface area contributed by atoms with E-state index in [1.54, 1.807) is 40.1 Å². The Balaban J connectivity index is 1.67. The number of phenols is 1. The van der Waals surface area contributed by atoms with Gasteiger partial charge in [0, 0.05) is 40.3 Å². The normalized spacial score (nSPS) is 14.1. The van der Waals surface area contributed by atoms with Crippen molar-refractivity contribution in [1.82, 2.24) is 9.80 Å². The van der Waals surface area contributed by atoms with Gasteiger partial charge in [0.05, 0.1) is 29.3 Å². The summed E-state index contributed by atoms with van der Waals surface area (Å²) < 4.78 is 5.15. The maximum Gasteiger partial charge on any atom is 0.341 e. The molecule has 1 aliphatic rings. The van der Waals surface area contributed by atoms with Gasteiger partial charge < -0.3 is 25.0 Å². The van der Waals surface area contributed by atoms with Crippen molar-refractivity contribution in [1.29, 1.82) is 0 Å². The minimum absolute atomic E-state index is 0.158. The highest BCUT2D eigenvalue weighted by molar-refractivity contribution is 7.18. The number of carbonyl (C=O) groups is 3. The minimum atomic E-state index is -0.560. The number of para-hydroxylation sites is 2. The lowest BCUT2D eigenvalue weighted by molar-refractivity contribution is -0.117. The second-order valence-electron chi connectivity index (χ2n) is 7.98. The molecule has 2 heterocycles. The van der Waals surface area contributed by atoms with Crippen molar-refractivity contribution in [2.45, 2.75) is 13.8 Å². The van der Waals surface area contributed by atoms with Crippen molar-refractivity contribution in [3.8, 4) is 5.75 Å². The average Bonchev–Trinajstić information content (AvgIpc) is 3.09. The van der Waals surface area contributed by atoms with E-state index in [-0.39, 0.29) is 36.3 Å². The summed E-state index contributed by atoms with van der Waals surface area (Å²) in [6.45, 7) is 6.41. The predicted molar refractivity (Wildman–Crippen MR) is 128 cm³/mol. The van der Waals surface area contributed by atoms with Crippen molar-refractivity contribution in [2.75, 3.05) is 63.6 Å². The number of benzene rings is 1. The molecule has 2 aromatic rings. The molecule has 33 heavy (non-hydrogen) atoms. The third kappa shape index (κ3) is 5.63. The Kier molecular flexibility index (Phi) is 7.93. The molecule has 3 rings (SSSR count). The molecule has 0 aliphatic carbocycles. The molecule has 1 aromatic heterocycles. The summed E-state index contributed by atoms with van der Waals surface area (Å²) in [5.41, 5.74) is 1.52. The van der Waals surface area contributed by atoms with E-state index in [9.17, 15) is 19.5 Å². The van der Waals surface area contributed by atoms with Crippen LogP contribution >= 0.6 is 11.3 Å². The molecule has 1 aliphatic heterocycles. The summed E-state index contributed by atoms with van der Waals surface area (Å²) in [5, 5.41) is 13.2. The molecular formula is C23H30N4O5S. The van der Waals surface area contributed by atoms with Crippen LogP contribution in [0.4, 0.5) is 10.7 Å². The highest BCUT2D eigenvalue weighted by atomic mass is 32.1. The van der Waals surface area contributed by atoms with Gasteiger partial charge in [-0.3, -0.25) is 14.5 Å². The van der Waals surface area contributed by atoms with Gasteiger partial charge in [0.2, 0.25) is 5.91 Å². The number of amides is 2. The van der Waals surface area contributed by atoms with E-state index < -0.39 is 5.97 Å². The quantitative estimate of drug-likeness (QED) is 0.594. The summed E-state index contributed by atoms with van der Waals surface area (Å²) >= 11 is 1.09. The Morgan fingerprint density at radius 3 is 2.42 bits per heavy atom. The van der Waals surface area contributed by atoms with Crippen molar-refractivity contribution in [3.63, 3.8) is 0 Å². The molecule has 9 nitrogen and oxygen atoms in total. The summed E-state index contributed by atoms with van der Waals surface area (Å²) in [4.78, 5) is 43.8. The molecule has 0 bridgehead atoms. The van der Waals surface area contributed by atoms with Gasteiger partial charge >= 0.3 is 5.97 Å². The van der Waals surface area contributed by atoms with Gasteiger partial charge in [0.1, 0.15) is 10.8 Å². The average molecular weight is 475 g/mol. The molecule has 0 unspecified atom stereocenters. The maximum absolute atomic E-state index is 12.8. The second-order valence-corrected chi connectivity index (χ2v) is 9.00. The van der Waals surface area contributed by atoms with Gasteiger partial charge in [-0.15, -0.1) is 11.3 Å². The van der Waals surface area contributed by atoms with Crippen LogP contribution in [-0.4, -0.2) is 86.1 Å². The standard InChI is InChI=1S/C23H30N4O5S/c1-5-32-23(31)19-15(2)20(22(30)25(3)4)33-21(19)24-18(29)14-26-10-12-27(13-11-26)16-8-6-7-9-17(16)28/h6-9,28H,5,10-14H2,1-4H3,(H,24,29). The molecule has 1 aromatic carbocycles. The molecule has 10 heteroatoms. The van der Waals surface area contributed by atoms with Crippen molar-refractivity contribution in [3.05, 3.63) is 40.3 Å². The highest BCUT2D eigenvalue weighted by Gasteiger charge is 2.28.